The standard InChI is InChI=1S/C23H30N2O/c1-3-13-25-14-5-8-21-16-19(9-10-22(21)25)11-12-24-23(26)17-20-7-4-6-18(2)15-20/h4,6-7,9-10,15-16H,3,5,8,11-14,17H2,1-2H3,(H,24,26). The summed E-state index contributed by atoms with van der Waals surface area (Å²) >= 11 is 0. The molecule has 0 aliphatic carbocycles. The molecule has 0 bridgehead atoms. The first-order chi connectivity index (χ1) is 12.7. The highest BCUT2D eigenvalue weighted by molar-refractivity contribution is 5.78. The van der Waals surface area contributed by atoms with Crippen LogP contribution < -0.4 is 10.2 Å². The second-order valence-electron chi connectivity index (χ2n) is 7.32. The summed E-state index contributed by atoms with van der Waals surface area (Å²) in [4.78, 5) is 14.6. The molecular formula is C23H30N2O. The van der Waals surface area contributed by atoms with Gasteiger partial charge in [-0.25, -0.2) is 0 Å². The highest BCUT2D eigenvalue weighted by atomic mass is 16.1. The molecule has 3 nitrogen and oxygen atoms in total. The number of hydrogen-bond acceptors (Lipinski definition) is 2. The zero-order valence-corrected chi connectivity index (χ0v) is 16.1. The zero-order valence-electron chi connectivity index (χ0n) is 16.1. The first-order valence-electron chi connectivity index (χ1n) is 9.84. The van der Waals surface area contributed by atoms with Crippen LogP contribution >= 0.6 is 0 Å². The minimum absolute atomic E-state index is 0.0997. The SMILES string of the molecule is CCCN1CCCc2cc(CCNC(=O)Cc3cccc(C)c3)ccc21. The van der Waals surface area contributed by atoms with Crippen LogP contribution in [0, 0.1) is 6.92 Å². The summed E-state index contributed by atoms with van der Waals surface area (Å²) in [5.74, 6) is 0.0997. The smallest absolute Gasteiger partial charge is 0.224 e. The molecular weight excluding hydrogens is 320 g/mol. The van der Waals surface area contributed by atoms with Crippen LogP contribution in [0.3, 0.4) is 0 Å². The Morgan fingerprint density at radius 1 is 1.15 bits per heavy atom. The Morgan fingerprint density at radius 3 is 2.85 bits per heavy atom. The van der Waals surface area contributed by atoms with E-state index < -0.39 is 0 Å². The van der Waals surface area contributed by atoms with Crippen molar-refractivity contribution in [3.05, 3.63) is 64.7 Å². The first-order valence-corrected chi connectivity index (χ1v) is 9.84. The van der Waals surface area contributed by atoms with Crippen LogP contribution in [0.1, 0.15) is 42.0 Å². The molecule has 0 unspecified atom stereocenters. The van der Waals surface area contributed by atoms with E-state index >= 15 is 0 Å². The van der Waals surface area contributed by atoms with E-state index in [9.17, 15) is 4.79 Å². The molecule has 26 heavy (non-hydrogen) atoms. The predicted molar refractivity (Wildman–Crippen MR) is 109 cm³/mol. The minimum atomic E-state index is 0.0997. The number of carbonyl (C=O) groups is 1. The lowest BCUT2D eigenvalue weighted by molar-refractivity contribution is -0.120. The lowest BCUT2D eigenvalue weighted by atomic mass is 9.98. The van der Waals surface area contributed by atoms with Gasteiger partial charge in [0.2, 0.25) is 5.91 Å². The number of carbonyl (C=O) groups excluding carboxylic acids is 1. The first kappa shape index (κ1) is 18.5. The fourth-order valence-corrected chi connectivity index (χ4v) is 3.80. The van der Waals surface area contributed by atoms with Crippen LogP contribution in [0.5, 0.6) is 0 Å². The summed E-state index contributed by atoms with van der Waals surface area (Å²) in [6, 6.07) is 15.0. The van der Waals surface area contributed by atoms with E-state index in [-0.39, 0.29) is 5.91 Å². The van der Waals surface area contributed by atoms with Crippen LogP contribution in [0.4, 0.5) is 5.69 Å². The molecule has 1 N–H and O–H groups in total. The third-order valence-corrected chi connectivity index (χ3v) is 5.04. The van der Waals surface area contributed by atoms with E-state index in [0.29, 0.717) is 13.0 Å². The number of nitrogens with one attached hydrogen (secondary N) is 1. The number of aryl methyl sites for hydroxylation is 2. The summed E-state index contributed by atoms with van der Waals surface area (Å²) in [7, 11) is 0. The normalized spacial score (nSPS) is 13.4. The summed E-state index contributed by atoms with van der Waals surface area (Å²) < 4.78 is 0. The number of benzene rings is 2. The molecule has 1 heterocycles. The van der Waals surface area contributed by atoms with Gasteiger partial charge in [-0.3, -0.25) is 4.79 Å². The average molecular weight is 351 g/mol. The third kappa shape index (κ3) is 4.87. The van der Waals surface area contributed by atoms with Crippen molar-refractivity contribution in [3.8, 4) is 0 Å². The zero-order chi connectivity index (χ0) is 18.4. The Balaban J connectivity index is 1.51. The number of nitrogens with zero attached hydrogens (tertiary/aromatic N) is 1. The van der Waals surface area contributed by atoms with E-state index in [2.05, 4.69) is 54.4 Å². The molecule has 2 aromatic carbocycles. The lowest BCUT2D eigenvalue weighted by Gasteiger charge is -2.31. The molecule has 0 aromatic heterocycles. The van der Waals surface area contributed by atoms with Crippen LogP contribution in [0.2, 0.25) is 0 Å². The fourth-order valence-electron chi connectivity index (χ4n) is 3.80. The number of rotatable bonds is 7. The molecule has 0 fully saturated rings. The van der Waals surface area contributed by atoms with E-state index in [4.69, 9.17) is 0 Å². The largest absolute Gasteiger partial charge is 0.371 e. The van der Waals surface area contributed by atoms with Crippen molar-refractivity contribution in [2.45, 2.75) is 46.0 Å². The van der Waals surface area contributed by atoms with Gasteiger partial charge >= 0.3 is 0 Å². The summed E-state index contributed by atoms with van der Waals surface area (Å²) in [6.45, 7) is 7.31. The number of hydrogen-bond donors (Lipinski definition) is 1. The lowest BCUT2D eigenvalue weighted by Crippen LogP contribution is -2.30. The van der Waals surface area contributed by atoms with E-state index in [1.807, 2.05) is 12.1 Å². The van der Waals surface area contributed by atoms with E-state index in [1.165, 1.54) is 48.2 Å². The van der Waals surface area contributed by atoms with Crippen LogP contribution in [-0.4, -0.2) is 25.5 Å². The summed E-state index contributed by atoms with van der Waals surface area (Å²) in [5, 5.41) is 3.06. The van der Waals surface area contributed by atoms with Crippen molar-refractivity contribution >= 4 is 11.6 Å². The Labute approximate surface area is 157 Å². The van der Waals surface area contributed by atoms with Gasteiger partial charge in [-0.15, -0.1) is 0 Å². The van der Waals surface area contributed by atoms with Crippen molar-refractivity contribution in [2.75, 3.05) is 24.5 Å². The molecule has 0 atom stereocenters. The van der Waals surface area contributed by atoms with Crippen molar-refractivity contribution in [3.63, 3.8) is 0 Å². The highest BCUT2D eigenvalue weighted by Crippen LogP contribution is 2.28. The van der Waals surface area contributed by atoms with Gasteiger partial charge in [-0.1, -0.05) is 48.9 Å². The molecule has 0 saturated heterocycles. The van der Waals surface area contributed by atoms with Crippen molar-refractivity contribution < 1.29 is 4.79 Å². The van der Waals surface area contributed by atoms with Crippen molar-refractivity contribution in [1.82, 2.24) is 5.32 Å². The molecule has 0 saturated carbocycles. The van der Waals surface area contributed by atoms with Crippen molar-refractivity contribution in [1.29, 1.82) is 0 Å². The summed E-state index contributed by atoms with van der Waals surface area (Å²) in [6.07, 6.45) is 4.94. The van der Waals surface area contributed by atoms with E-state index in [0.717, 1.165) is 18.5 Å². The quantitative estimate of drug-likeness (QED) is 0.817. The monoisotopic (exact) mass is 350 g/mol. The third-order valence-electron chi connectivity index (χ3n) is 5.04. The average Bonchev–Trinajstić information content (AvgIpc) is 2.62. The van der Waals surface area contributed by atoms with Gasteiger partial charge in [-0.05, 0) is 55.4 Å². The van der Waals surface area contributed by atoms with E-state index in [1.54, 1.807) is 0 Å². The Hall–Kier alpha value is -2.29. The van der Waals surface area contributed by atoms with Gasteiger partial charge in [-0.2, -0.15) is 0 Å². The van der Waals surface area contributed by atoms with Gasteiger partial charge in [0.15, 0.2) is 0 Å². The Bertz CT molecular complexity index is 754. The fraction of sp³-hybridized carbons (Fsp3) is 0.435. The maximum atomic E-state index is 12.1. The summed E-state index contributed by atoms with van der Waals surface area (Å²) in [5.41, 5.74) is 6.46. The number of amides is 1. The van der Waals surface area contributed by atoms with Gasteiger partial charge in [0.25, 0.3) is 0 Å². The maximum absolute atomic E-state index is 12.1. The maximum Gasteiger partial charge on any atom is 0.224 e. The van der Waals surface area contributed by atoms with Crippen LogP contribution in [0.25, 0.3) is 0 Å². The molecule has 0 radical (unpaired) electrons. The van der Waals surface area contributed by atoms with Crippen LogP contribution in [-0.2, 0) is 24.1 Å². The number of anilines is 1. The second kappa shape index (κ2) is 8.88. The molecule has 0 spiro atoms. The molecule has 3 heteroatoms. The van der Waals surface area contributed by atoms with Gasteiger partial charge < -0.3 is 10.2 Å². The molecule has 3 rings (SSSR count). The minimum Gasteiger partial charge on any atom is -0.371 e. The molecule has 2 aromatic rings. The van der Waals surface area contributed by atoms with Crippen LogP contribution in [0.15, 0.2) is 42.5 Å². The number of fused-ring (bicyclic) bond motifs is 1. The van der Waals surface area contributed by atoms with Gasteiger partial charge in [0.1, 0.15) is 0 Å². The van der Waals surface area contributed by atoms with Crippen molar-refractivity contribution in [2.24, 2.45) is 0 Å². The predicted octanol–water partition coefficient (Wildman–Crippen LogP) is 4.06. The van der Waals surface area contributed by atoms with Gasteiger partial charge in [0.05, 0.1) is 6.42 Å². The molecule has 1 amide bonds. The highest BCUT2D eigenvalue weighted by Gasteiger charge is 2.16. The second-order valence-corrected chi connectivity index (χ2v) is 7.32. The Morgan fingerprint density at radius 2 is 2.04 bits per heavy atom. The Kier molecular flexibility index (Phi) is 6.32. The topological polar surface area (TPSA) is 32.3 Å². The molecule has 1 aliphatic rings. The molecule has 1 aliphatic heterocycles. The molecule has 138 valence electrons. The van der Waals surface area contributed by atoms with Gasteiger partial charge in [0, 0.05) is 25.3 Å².